The number of rotatable bonds is 6. The molecule has 0 aromatic carbocycles. The standard InChI is InChI=1S/C22H20F4N8O4S2/c1-10-28-6-17(39-10)40(36,37)33-7-14(23)15(8-33)32-20(35)12-3-11(5-29-21(12)38-2)16-4-13(22(24,25)26)18-19(27)30-9-31-34(16)18/h3-6,9,14-15H,7-8H2,1-2H3,(H,32,35)(H2,27,30,31)/t14-,15+/m0/s1. The molecule has 1 aliphatic heterocycles. The summed E-state index contributed by atoms with van der Waals surface area (Å²) in [6.45, 7) is 0.792. The molecule has 5 rings (SSSR count). The summed E-state index contributed by atoms with van der Waals surface area (Å²) in [5.41, 5.74) is 3.85. The van der Waals surface area contributed by atoms with Crippen LogP contribution < -0.4 is 15.8 Å². The molecule has 18 heteroatoms. The fraction of sp³-hybridized carbons (Fsp3) is 0.318. The second kappa shape index (κ2) is 9.93. The number of nitrogens with one attached hydrogen (secondary N) is 1. The van der Waals surface area contributed by atoms with Gasteiger partial charge in [0, 0.05) is 24.8 Å². The van der Waals surface area contributed by atoms with Crippen molar-refractivity contribution in [2.24, 2.45) is 0 Å². The number of thiazole rings is 1. The van der Waals surface area contributed by atoms with Crippen LogP contribution in [-0.4, -0.2) is 75.6 Å². The van der Waals surface area contributed by atoms with Crippen LogP contribution in [0.2, 0.25) is 0 Å². The number of ether oxygens (including phenoxy) is 1. The maximum Gasteiger partial charge on any atom is 0.418 e. The molecule has 0 aliphatic carbocycles. The van der Waals surface area contributed by atoms with Gasteiger partial charge in [-0.05, 0) is 19.1 Å². The number of sulfonamides is 1. The van der Waals surface area contributed by atoms with Crippen molar-refractivity contribution in [1.82, 2.24) is 34.2 Å². The van der Waals surface area contributed by atoms with Crippen molar-refractivity contribution >= 4 is 38.6 Å². The minimum Gasteiger partial charge on any atom is -0.480 e. The van der Waals surface area contributed by atoms with E-state index in [-0.39, 0.29) is 33.5 Å². The van der Waals surface area contributed by atoms with Gasteiger partial charge in [0.2, 0.25) is 5.88 Å². The highest BCUT2D eigenvalue weighted by Crippen LogP contribution is 2.39. The summed E-state index contributed by atoms with van der Waals surface area (Å²) < 4.78 is 88.8. The summed E-state index contributed by atoms with van der Waals surface area (Å²) in [5.74, 6) is -1.47. The molecular formula is C22H20F4N8O4S2. The van der Waals surface area contributed by atoms with Gasteiger partial charge in [-0.25, -0.2) is 32.3 Å². The van der Waals surface area contributed by atoms with Gasteiger partial charge >= 0.3 is 6.18 Å². The molecule has 1 fully saturated rings. The van der Waals surface area contributed by atoms with Gasteiger partial charge in [0.1, 0.15) is 23.6 Å². The van der Waals surface area contributed by atoms with Crippen molar-refractivity contribution in [2.45, 2.75) is 29.5 Å². The molecule has 4 aromatic heterocycles. The number of methoxy groups -OCH3 is 1. The van der Waals surface area contributed by atoms with Gasteiger partial charge in [0.15, 0.2) is 10.0 Å². The number of nitrogens with two attached hydrogens (primary N) is 1. The molecule has 0 saturated carbocycles. The van der Waals surface area contributed by atoms with Crippen LogP contribution in [0.25, 0.3) is 16.8 Å². The van der Waals surface area contributed by atoms with E-state index in [9.17, 15) is 30.8 Å². The number of nitrogens with zero attached hydrogens (tertiary/aromatic N) is 6. The molecule has 0 unspecified atom stereocenters. The topological polar surface area (TPSA) is 158 Å². The van der Waals surface area contributed by atoms with Crippen LogP contribution in [0.15, 0.2) is 35.1 Å². The van der Waals surface area contributed by atoms with Gasteiger partial charge < -0.3 is 15.8 Å². The highest BCUT2D eigenvalue weighted by atomic mass is 32.2. The van der Waals surface area contributed by atoms with Gasteiger partial charge in [0.25, 0.3) is 15.9 Å². The van der Waals surface area contributed by atoms with Crippen molar-refractivity contribution in [3.05, 3.63) is 47.0 Å². The Bertz CT molecular complexity index is 1720. The van der Waals surface area contributed by atoms with Crippen LogP contribution in [0, 0.1) is 6.92 Å². The first-order valence-electron chi connectivity index (χ1n) is 11.4. The third kappa shape index (κ3) is 4.81. The predicted octanol–water partition coefficient (Wildman–Crippen LogP) is 2.31. The molecular weight excluding hydrogens is 580 g/mol. The number of aromatic nitrogens is 5. The molecule has 2 atom stereocenters. The maximum absolute atomic E-state index is 14.9. The summed E-state index contributed by atoms with van der Waals surface area (Å²) >= 11 is 0.939. The smallest absolute Gasteiger partial charge is 0.418 e. The van der Waals surface area contributed by atoms with Crippen LogP contribution in [0.5, 0.6) is 5.88 Å². The van der Waals surface area contributed by atoms with Gasteiger partial charge in [-0.1, -0.05) is 0 Å². The lowest BCUT2D eigenvalue weighted by molar-refractivity contribution is -0.136. The predicted molar refractivity (Wildman–Crippen MR) is 134 cm³/mol. The Hall–Kier alpha value is -3.90. The first-order chi connectivity index (χ1) is 18.8. The first kappa shape index (κ1) is 27.7. The quantitative estimate of drug-likeness (QED) is 0.317. The van der Waals surface area contributed by atoms with E-state index in [4.69, 9.17) is 10.5 Å². The lowest BCUT2D eigenvalue weighted by atomic mass is 10.1. The number of hydrogen-bond donors (Lipinski definition) is 2. The Morgan fingerprint density at radius 3 is 2.60 bits per heavy atom. The summed E-state index contributed by atoms with van der Waals surface area (Å²) in [5, 5.41) is 6.84. The average Bonchev–Trinajstić information content (AvgIpc) is 3.61. The van der Waals surface area contributed by atoms with E-state index in [0.29, 0.717) is 5.01 Å². The fourth-order valence-corrected chi connectivity index (χ4v) is 7.04. The van der Waals surface area contributed by atoms with E-state index in [2.05, 4.69) is 25.4 Å². The molecule has 0 bridgehead atoms. The van der Waals surface area contributed by atoms with Crippen LogP contribution >= 0.6 is 11.3 Å². The Morgan fingerprint density at radius 2 is 1.95 bits per heavy atom. The number of halogens is 4. The summed E-state index contributed by atoms with van der Waals surface area (Å²) in [6.07, 6.45) is -3.19. The second-order valence-corrected chi connectivity index (χ2v) is 12.1. The monoisotopic (exact) mass is 600 g/mol. The molecule has 1 aliphatic rings. The Kier molecular flexibility index (Phi) is 6.87. The molecule has 1 saturated heterocycles. The van der Waals surface area contributed by atoms with E-state index >= 15 is 0 Å². The number of nitrogen functional groups attached to an aromatic ring is 1. The largest absolute Gasteiger partial charge is 0.480 e. The van der Waals surface area contributed by atoms with E-state index in [1.165, 1.54) is 25.6 Å². The molecule has 5 heterocycles. The van der Waals surface area contributed by atoms with Crippen LogP contribution in [0.4, 0.5) is 23.4 Å². The van der Waals surface area contributed by atoms with E-state index in [0.717, 1.165) is 32.6 Å². The minimum atomic E-state index is -4.79. The number of pyridine rings is 1. The normalized spacial score (nSPS) is 18.4. The zero-order chi connectivity index (χ0) is 29.0. The van der Waals surface area contributed by atoms with Gasteiger partial charge in [0.05, 0.1) is 35.6 Å². The van der Waals surface area contributed by atoms with E-state index < -0.39 is 57.8 Å². The summed E-state index contributed by atoms with van der Waals surface area (Å²) in [7, 11) is -2.81. The Morgan fingerprint density at radius 1 is 1.20 bits per heavy atom. The number of fused-ring (bicyclic) bond motifs is 1. The molecule has 0 spiro atoms. The summed E-state index contributed by atoms with van der Waals surface area (Å²) in [4.78, 5) is 24.8. The Balaban J connectivity index is 1.46. The van der Waals surface area contributed by atoms with Crippen molar-refractivity contribution in [2.75, 3.05) is 25.9 Å². The number of aryl methyl sites for hydroxylation is 1. The highest BCUT2D eigenvalue weighted by Gasteiger charge is 2.42. The van der Waals surface area contributed by atoms with Crippen LogP contribution in [0.3, 0.4) is 0 Å². The lowest BCUT2D eigenvalue weighted by Crippen LogP contribution is -2.42. The highest BCUT2D eigenvalue weighted by molar-refractivity contribution is 7.91. The molecule has 212 valence electrons. The van der Waals surface area contributed by atoms with Gasteiger partial charge in [-0.3, -0.25) is 4.79 Å². The minimum absolute atomic E-state index is 0.0440. The SMILES string of the molecule is COc1ncc(-c2cc(C(F)(F)F)c3c(N)ncnn23)cc1C(=O)N[C@@H]1CN(S(=O)(=O)c2cnc(C)s2)C[C@@H]1F. The number of carbonyl (C=O) groups is 1. The third-order valence-corrected chi connectivity index (χ3v) is 9.38. The second-order valence-electron chi connectivity index (χ2n) is 8.74. The number of alkyl halides is 4. The molecule has 40 heavy (non-hydrogen) atoms. The van der Waals surface area contributed by atoms with Crippen LogP contribution in [-0.2, 0) is 16.2 Å². The number of carbonyl (C=O) groups excluding carboxylic acids is 1. The first-order valence-corrected chi connectivity index (χ1v) is 13.7. The maximum atomic E-state index is 14.9. The number of hydrogen-bond acceptors (Lipinski definition) is 10. The fourth-order valence-electron chi connectivity index (χ4n) is 4.30. The number of amides is 1. The van der Waals surface area contributed by atoms with Crippen molar-refractivity contribution in [1.29, 1.82) is 0 Å². The van der Waals surface area contributed by atoms with Crippen LogP contribution in [0.1, 0.15) is 20.9 Å². The zero-order valence-corrected chi connectivity index (χ0v) is 22.3. The van der Waals surface area contributed by atoms with Gasteiger partial charge in [-0.15, -0.1) is 11.3 Å². The molecule has 0 radical (unpaired) electrons. The molecule has 1 amide bonds. The molecule has 4 aromatic rings. The van der Waals surface area contributed by atoms with Gasteiger partial charge in [-0.2, -0.15) is 22.6 Å². The van der Waals surface area contributed by atoms with Crippen molar-refractivity contribution in [3.63, 3.8) is 0 Å². The average molecular weight is 601 g/mol. The molecule has 12 nitrogen and oxygen atoms in total. The zero-order valence-electron chi connectivity index (χ0n) is 20.7. The lowest BCUT2D eigenvalue weighted by Gasteiger charge is -2.17. The number of anilines is 1. The third-order valence-electron chi connectivity index (χ3n) is 6.20. The Labute approximate surface area is 227 Å². The summed E-state index contributed by atoms with van der Waals surface area (Å²) in [6, 6.07) is 0.783. The molecule has 3 N–H and O–H groups in total. The van der Waals surface area contributed by atoms with Crippen molar-refractivity contribution < 1.29 is 35.5 Å². The van der Waals surface area contributed by atoms with E-state index in [1.54, 1.807) is 6.92 Å². The van der Waals surface area contributed by atoms with Crippen molar-refractivity contribution in [3.8, 4) is 17.1 Å². The van der Waals surface area contributed by atoms with E-state index in [1.807, 2.05) is 0 Å².